The molecule has 0 aliphatic carbocycles. The van der Waals surface area contributed by atoms with Gasteiger partial charge >= 0.3 is 17.8 Å². The highest BCUT2D eigenvalue weighted by molar-refractivity contribution is 5.90. The summed E-state index contributed by atoms with van der Waals surface area (Å²) < 4.78 is 16.2. The number of fused-ring (bicyclic) bond motifs is 6. The van der Waals surface area contributed by atoms with Crippen LogP contribution in [-0.2, 0) is 41.8 Å². The van der Waals surface area contributed by atoms with Crippen molar-refractivity contribution >= 4 is 34.0 Å². The number of aryl methyl sites for hydroxylation is 2. The lowest BCUT2D eigenvalue weighted by Crippen LogP contribution is -2.44. The van der Waals surface area contributed by atoms with Crippen molar-refractivity contribution in [3.8, 4) is 45.7 Å². The van der Waals surface area contributed by atoms with E-state index < -0.39 is 23.4 Å². The Morgan fingerprint density at radius 1 is 0.969 bits per heavy atom. The molecular formula is C47H46N8O9. The number of amides is 1. The quantitative estimate of drug-likeness (QED) is 0.136. The number of likely N-dealkylation sites (tertiary alicyclic amines) is 1. The highest BCUT2D eigenvalue weighted by Gasteiger charge is 2.45. The Hall–Kier alpha value is -7.27. The lowest BCUT2D eigenvalue weighted by molar-refractivity contribution is -0.172. The first-order chi connectivity index (χ1) is 30.7. The first kappa shape index (κ1) is 40.8. The van der Waals surface area contributed by atoms with Crippen molar-refractivity contribution in [1.82, 2.24) is 38.8 Å². The number of aromatic hydroxyl groups is 2. The average molecular weight is 867 g/mol. The number of aromatic nitrogens is 7. The van der Waals surface area contributed by atoms with Crippen LogP contribution in [0.15, 0.2) is 64.2 Å². The number of nitrogens with one attached hydrogen (secondary N) is 1. The van der Waals surface area contributed by atoms with Gasteiger partial charge in [-0.15, -0.1) is 0 Å². The van der Waals surface area contributed by atoms with E-state index >= 15 is 0 Å². The van der Waals surface area contributed by atoms with Gasteiger partial charge in [-0.05, 0) is 91.3 Å². The summed E-state index contributed by atoms with van der Waals surface area (Å²) >= 11 is 0. The summed E-state index contributed by atoms with van der Waals surface area (Å²) in [5.74, 6) is 0.403. The molecule has 0 spiro atoms. The molecule has 17 heteroatoms. The van der Waals surface area contributed by atoms with E-state index in [1.54, 1.807) is 52.8 Å². The van der Waals surface area contributed by atoms with E-state index in [0.29, 0.717) is 77.3 Å². The SMILES string of the molecule is CCc1c2c(nc3ccc(OC(=O)N4CCC(c5nc6cc(-n7c(-c8cc(C(C)C)c(O)cc8O)n[nH]c7=O)ccc6n5C)CC4)cc13)-c1cc3c(c(=O)n1C2)COC(=O)C3(O)CC. The number of nitrogens with zero attached hydrogens (tertiary/aromatic N) is 7. The zero-order valence-corrected chi connectivity index (χ0v) is 35.9. The number of carbonyl (C=O) groups excluding carboxylic acids is 2. The second kappa shape index (κ2) is 14.9. The fourth-order valence-electron chi connectivity index (χ4n) is 9.76. The molecule has 0 radical (unpaired) electrons. The summed E-state index contributed by atoms with van der Waals surface area (Å²) in [4.78, 5) is 64.8. The fourth-order valence-corrected chi connectivity index (χ4v) is 9.76. The fraction of sp³-hybridized carbons (Fsp3) is 0.340. The first-order valence-corrected chi connectivity index (χ1v) is 21.5. The Morgan fingerprint density at radius 2 is 1.75 bits per heavy atom. The summed E-state index contributed by atoms with van der Waals surface area (Å²) in [6, 6.07) is 15.4. The van der Waals surface area contributed by atoms with E-state index in [4.69, 9.17) is 19.4 Å². The van der Waals surface area contributed by atoms with Crippen LogP contribution in [0.2, 0.25) is 0 Å². The third kappa shape index (κ3) is 6.19. The number of phenols is 2. The lowest BCUT2D eigenvalue weighted by atomic mass is 9.86. The first-order valence-electron chi connectivity index (χ1n) is 21.5. The van der Waals surface area contributed by atoms with Crippen LogP contribution in [0.4, 0.5) is 4.79 Å². The number of benzene rings is 3. The summed E-state index contributed by atoms with van der Waals surface area (Å²) in [5, 5.41) is 40.0. The topological polar surface area (TPSA) is 220 Å². The number of aliphatic hydroxyl groups is 1. The molecule has 4 N–H and O–H groups in total. The maximum absolute atomic E-state index is 13.8. The number of imidazole rings is 1. The molecular weight excluding hydrogens is 821 g/mol. The van der Waals surface area contributed by atoms with Gasteiger partial charge in [0.1, 0.15) is 29.7 Å². The Balaban J connectivity index is 0.862. The van der Waals surface area contributed by atoms with Gasteiger partial charge in [0, 0.05) is 48.6 Å². The molecule has 64 heavy (non-hydrogen) atoms. The lowest BCUT2D eigenvalue weighted by Gasteiger charge is -2.31. The van der Waals surface area contributed by atoms with Gasteiger partial charge in [0.25, 0.3) is 5.56 Å². The average Bonchev–Trinajstić information content (AvgIpc) is 3.96. The molecule has 0 saturated carbocycles. The summed E-state index contributed by atoms with van der Waals surface area (Å²) in [7, 11) is 1.95. The third-order valence-electron chi connectivity index (χ3n) is 13.3. The van der Waals surface area contributed by atoms with E-state index in [1.807, 2.05) is 44.5 Å². The van der Waals surface area contributed by atoms with Crippen LogP contribution < -0.4 is 16.0 Å². The van der Waals surface area contributed by atoms with Crippen LogP contribution in [0.3, 0.4) is 0 Å². The molecule has 3 aliphatic rings. The molecule has 1 amide bonds. The van der Waals surface area contributed by atoms with Crippen molar-refractivity contribution in [3.05, 3.63) is 109 Å². The maximum Gasteiger partial charge on any atom is 0.415 e. The van der Waals surface area contributed by atoms with E-state index in [9.17, 15) is 34.5 Å². The van der Waals surface area contributed by atoms with Crippen LogP contribution >= 0.6 is 0 Å². The normalized spacial score (nSPS) is 17.2. The minimum Gasteiger partial charge on any atom is -0.508 e. The molecule has 3 aromatic carbocycles. The van der Waals surface area contributed by atoms with E-state index in [-0.39, 0.29) is 65.4 Å². The van der Waals surface area contributed by atoms with Crippen molar-refractivity contribution in [2.45, 2.75) is 84.0 Å². The zero-order valence-electron chi connectivity index (χ0n) is 35.9. The molecule has 3 aliphatic heterocycles. The molecule has 7 aromatic rings. The van der Waals surface area contributed by atoms with Crippen molar-refractivity contribution in [3.63, 3.8) is 0 Å². The van der Waals surface area contributed by atoms with E-state index in [1.165, 1.54) is 10.6 Å². The van der Waals surface area contributed by atoms with Gasteiger partial charge in [-0.25, -0.2) is 34.0 Å². The van der Waals surface area contributed by atoms with Crippen molar-refractivity contribution in [2.75, 3.05) is 13.1 Å². The van der Waals surface area contributed by atoms with E-state index in [2.05, 4.69) is 10.2 Å². The summed E-state index contributed by atoms with van der Waals surface area (Å²) in [5.41, 5.74) is 4.35. The van der Waals surface area contributed by atoms with Crippen LogP contribution in [0.25, 0.3) is 50.4 Å². The van der Waals surface area contributed by atoms with Crippen LogP contribution in [0, 0.1) is 0 Å². The van der Waals surface area contributed by atoms with Crippen molar-refractivity contribution in [1.29, 1.82) is 0 Å². The Bertz CT molecular complexity index is 3240. The number of cyclic esters (lactones) is 1. The second-order valence-electron chi connectivity index (χ2n) is 17.2. The van der Waals surface area contributed by atoms with Gasteiger partial charge in [-0.1, -0.05) is 27.7 Å². The van der Waals surface area contributed by atoms with Crippen LogP contribution in [0.1, 0.15) is 92.4 Å². The molecule has 328 valence electrons. The summed E-state index contributed by atoms with van der Waals surface area (Å²) in [6.07, 6.45) is 1.50. The number of phenolic OH excluding ortho intramolecular Hbond substituents is 2. The van der Waals surface area contributed by atoms with Gasteiger partial charge in [-0.2, -0.15) is 5.10 Å². The Kier molecular flexibility index (Phi) is 9.52. The predicted octanol–water partition coefficient (Wildman–Crippen LogP) is 5.98. The monoisotopic (exact) mass is 866 g/mol. The highest BCUT2D eigenvalue weighted by Crippen LogP contribution is 2.42. The minimum atomic E-state index is -1.92. The standard InChI is InChI=1S/C47H46N8O9/c1-6-27-29-17-26(9-10-34(29)48-40-31(27)21-54-37(40)19-33-32(43(54)58)22-63-44(59)47(33,62)7-2)64-46(61)53-14-12-24(13-15-53)41-49-35-16-25(8-11-36(35)52(41)5)55-42(50-51-45(55)60)30-18-28(23(3)4)38(56)20-39(30)57/h8-11,16-20,23-24,56-57,62H,6-7,12-15,21-22H2,1-5H3,(H,51,60). The van der Waals surface area contributed by atoms with Gasteiger partial charge in [0.2, 0.25) is 0 Å². The smallest absolute Gasteiger partial charge is 0.415 e. The number of ether oxygens (including phenoxy) is 2. The molecule has 0 bridgehead atoms. The van der Waals surface area contributed by atoms with Crippen molar-refractivity contribution < 1.29 is 34.4 Å². The largest absolute Gasteiger partial charge is 0.508 e. The molecule has 1 saturated heterocycles. The molecule has 17 nitrogen and oxygen atoms in total. The number of aromatic amines is 1. The molecule has 1 fully saturated rings. The Morgan fingerprint density at radius 3 is 2.48 bits per heavy atom. The molecule has 10 rings (SSSR count). The highest BCUT2D eigenvalue weighted by atomic mass is 16.6. The minimum absolute atomic E-state index is 0.0404. The molecule has 1 unspecified atom stereocenters. The number of H-pyrrole nitrogens is 1. The Labute approximate surface area is 365 Å². The van der Waals surface area contributed by atoms with E-state index in [0.717, 1.165) is 27.9 Å². The van der Waals surface area contributed by atoms with Gasteiger partial charge in [-0.3, -0.25) is 4.79 Å². The zero-order chi connectivity index (χ0) is 44.9. The number of hydrogen-bond acceptors (Lipinski definition) is 12. The van der Waals surface area contributed by atoms with Gasteiger partial charge in [0.05, 0.1) is 51.3 Å². The van der Waals surface area contributed by atoms with Gasteiger partial charge in [0.15, 0.2) is 11.4 Å². The van der Waals surface area contributed by atoms with Crippen LogP contribution in [-0.4, -0.2) is 79.2 Å². The number of hydrogen-bond donors (Lipinski definition) is 4. The van der Waals surface area contributed by atoms with Gasteiger partial charge < -0.3 is 38.8 Å². The molecule has 4 aromatic heterocycles. The number of piperidine rings is 1. The number of carbonyl (C=O) groups is 2. The van der Waals surface area contributed by atoms with Crippen molar-refractivity contribution in [2.24, 2.45) is 7.05 Å². The number of pyridine rings is 2. The number of esters is 1. The van der Waals surface area contributed by atoms with Crippen LogP contribution in [0.5, 0.6) is 17.2 Å². The second-order valence-corrected chi connectivity index (χ2v) is 17.2. The predicted molar refractivity (Wildman–Crippen MR) is 235 cm³/mol. The molecule has 1 atom stereocenters. The third-order valence-corrected chi connectivity index (χ3v) is 13.3. The maximum atomic E-state index is 13.8. The molecule has 7 heterocycles. The number of rotatable bonds is 7. The summed E-state index contributed by atoms with van der Waals surface area (Å²) in [6.45, 7) is 8.49.